The highest BCUT2D eigenvalue weighted by molar-refractivity contribution is 5.78. The summed E-state index contributed by atoms with van der Waals surface area (Å²) in [5.74, 6) is 1.51. The minimum atomic E-state index is -0.0285. The van der Waals surface area contributed by atoms with E-state index in [9.17, 15) is 4.79 Å². The third-order valence-corrected chi connectivity index (χ3v) is 3.87. The Morgan fingerprint density at radius 1 is 1.21 bits per heavy atom. The Morgan fingerprint density at radius 3 is 2.71 bits per heavy atom. The molecule has 1 aromatic carbocycles. The number of anilines is 1. The quantitative estimate of drug-likeness (QED) is 0.901. The molecule has 0 spiro atoms. The van der Waals surface area contributed by atoms with Crippen LogP contribution in [0.25, 0.3) is 0 Å². The molecular formula is C18H22N4O2. The van der Waals surface area contributed by atoms with Gasteiger partial charge in [-0.2, -0.15) is 0 Å². The summed E-state index contributed by atoms with van der Waals surface area (Å²) in [6.07, 6.45) is 0.364. The number of nitrogens with one attached hydrogen (secondary N) is 1. The maximum absolute atomic E-state index is 12.1. The summed E-state index contributed by atoms with van der Waals surface area (Å²) in [6, 6.07) is 11.7. The molecular weight excluding hydrogens is 304 g/mol. The minimum Gasteiger partial charge on any atom is -0.378 e. The lowest BCUT2D eigenvalue weighted by molar-refractivity contribution is -0.120. The van der Waals surface area contributed by atoms with E-state index in [1.807, 2.05) is 43.3 Å². The van der Waals surface area contributed by atoms with E-state index in [0.717, 1.165) is 30.2 Å². The molecule has 1 amide bonds. The topological polar surface area (TPSA) is 67.3 Å². The van der Waals surface area contributed by atoms with Gasteiger partial charge in [0.05, 0.1) is 26.2 Å². The first kappa shape index (κ1) is 16.4. The van der Waals surface area contributed by atoms with E-state index in [2.05, 4.69) is 20.2 Å². The van der Waals surface area contributed by atoms with E-state index >= 15 is 0 Å². The fourth-order valence-electron chi connectivity index (χ4n) is 2.67. The summed E-state index contributed by atoms with van der Waals surface area (Å²) in [5.41, 5.74) is 1.90. The number of amides is 1. The van der Waals surface area contributed by atoms with E-state index in [4.69, 9.17) is 4.74 Å². The molecule has 2 heterocycles. The smallest absolute Gasteiger partial charge is 0.224 e. The number of rotatable bonds is 5. The van der Waals surface area contributed by atoms with Crippen LogP contribution in [0.2, 0.25) is 0 Å². The Morgan fingerprint density at radius 2 is 1.96 bits per heavy atom. The Hall–Kier alpha value is -2.47. The normalized spacial score (nSPS) is 14.5. The molecule has 6 nitrogen and oxygen atoms in total. The fraction of sp³-hybridized carbons (Fsp3) is 0.389. The second kappa shape index (κ2) is 7.88. The zero-order valence-corrected chi connectivity index (χ0v) is 13.9. The molecule has 24 heavy (non-hydrogen) atoms. The Kier molecular flexibility index (Phi) is 5.38. The van der Waals surface area contributed by atoms with Gasteiger partial charge in [0.25, 0.3) is 0 Å². The monoisotopic (exact) mass is 326 g/mol. The summed E-state index contributed by atoms with van der Waals surface area (Å²) in [5, 5.41) is 2.90. The highest BCUT2D eigenvalue weighted by Crippen LogP contribution is 2.14. The van der Waals surface area contributed by atoms with Crippen molar-refractivity contribution < 1.29 is 9.53 Å². The molecule has 1 aromatic heterocycles. The highest BCUT2D eigenvalue weighted by Gasteiger charge is 2.14. The molecule has 0 saturated carbocycles. The van der Waals surface area contributed by atoms with Gasteiger partial charge in [0, 0.05) is 24.8 Å². The lowest BCUT2D eigenvalue weighted by atomic mass is 10.1. The number of aromatic nitrogens is 2. The lowest BCUT2D eigenvalue weighted by Crippen LogP contribution is -2.37. The Balaban J connectivity index is 1.60. The maximum atomic E-state index is 12.1. The highest BCUT2D eigenvalue weighted by atomic mass is 16.5. The molecule has 1 fully saturated rings. The van der Waals surface area contributed by atoms with E-state index in [1.165, 1.54) is 0 Å². The number of morpholine rings is 1. The van der Waals surface area contributed by atoms with Crippen LogP contribution in [-0.2, 0) is 22.5 Å². The van der Waals surface area contributed by atoms with E-state index in [0.29, 0.717) is 32.0 Å². The number of ether oxygens (including phenoxy) is 1. The van der Waals surface area contributed by atoms with Crippen LogP contribution in [0.3, 0.4) is 0 Å². The van der Waals surface area contributed by atoms with Gasteiger partial charge in [0.2, 0.25) is 5.91 Å². The van der Waals surface area contributed by atoms with Gasteiger partial charge in [-0.25, -0.2) is 9.97 Å². The van der Waals surface area contributed by atoms with Crippen LogP contribution in [0.1, 0.15) is 17.1 Å². The predicted molar refractivity (Wildman–Crippen MR) is 91.8 cm³/mol. The fourth-order valence-corrected chi connectivity index (χ4v) is 2.67. The zero-order valence-electron chi connectivity index (χ0n) is 13.9. The SMILES string of the molecule is Cc1cc(N2CCOCC2)nc(CNC(=O)Cc2ccccc2)n1. The molecule has 1 saturated heterocycles. The zero-order chi connectivity index (χ0) is 16.8. The van der Waals surface area contributed by atoms with Crippen LogP contribution in [0.5, 0.6) is 0 Å². The standard InChI is InChI=1S/C18H22N4O2/c1-14-11-17(22-7-9-24-10-8-22)21-16(20-14)13-19-18(23)12-15-5-3-2-4-6-15/h2-6,11H,7-10,12-13H2,1H3,(H,19,23). The third kappa shape index (κ3) is 4.52. The summed E-state index contributed by atoms with van der Waals surface area (Å²) >= 11 is 0. The number of hydrogen-bond donors (Lipinski definition) is 1. The average Bonchev–Trinajstić information content (AvgIpc) is 2.61. The first-order chi connectivity index (χ1) is 11.7. The maximum Gasteiger partial charge on any atom is 0.224 e. The summed E-state index contributed by atoms with van der Waals surface area (Å²) in [7, 11) is 0. The van der Waals surface area contributed by atoms with E-state index < -0.39 is 0 Å². The number of benzene rings is 1. The number of nitrogens with zero attached hydrogens (tertiary/aromatic N) is 3. The molecule has 0 atom stereocenters. The summed E-state index contributed by atoms with van der Waals surface area (Å²) in [6.45, 7) is 5.37. The first-order valence-electron chi connectivity index (χ1n) is 8.18. The largest absolute Gasteiger partial charge is 0.378 e. The predicted octanol–water partition coefficient (Wildman–Crippen LogP) is 1.48. The van der Waals surface area contributed by atoms with Crippen molar-refractivity contribution in [1.82, 2.24) is 15.3 Å². The first-order valence-corrected chi connectivity index (χ1v) is 8.18. The Labute approximate surface area is 141 Å². The van der Waals surface area contributed by atoms with Crippen molar-refractivity contribution >= 4 is 11.7 Å². The second-order valence-corrected chi connectivity index (χ2v) is 5.82. The van der Waals surface area contributed by atoms with Gasteiger partial charge < -0.3 is 15.0 Å². The van der Waals surface area contributed by atoms with Crippen molar-refractivity contribution in [3.05, 3.63) is 53.5 Å². The second-order valence-electron chi connectivity index (χ2n) is 5.82. The summed E-state index contributed by atoms with van der Waals surface area (Å²) < 4.78 is 5.38. The van der Waals surface area contributed by atoms with Crippen molar-refractivity contribution in [2.24, 2.45) is 0 Å². The van der Waals surface area contributed by atoms with Crippen molar-refractivity contribution in [1.29, 1.82) is 0 Å². The van der Waals surface area contributed by atoms with Gasteiger partial charge in [-0.05, 0) is 12.5 Å². The molecule has 0 aliphatic carbocycles. The van der Waals surface area contributed by atoms with Crippen LogP contribution >= 0.6 is 0 Å². The van der Waals surface area contributed by atoms with Crippen LogP contribution in [0.15, 0.2) is 36.4 Å². The van der Waals surface area contributed by atoms with Crippen LogP contribution in [0, 0.1) is 6.92 Å². The van der Waals surface area contributed by atoms with Gasteiger partial charge in [0.1, 0.15) is 11.6 Å². The van der Waals surface area contributed by atoms with Crippen molar-refractivity contribution in [3.63, 3.8) is 0 Å². The molecule has 126 valence electrons. The van der Waals surface area contributed by atoms with Crippen molar-refractivity contribution in [2.75, 3.05) is 31.2 Å². The van der Waals surface area contributed by atoms with Gasteiger partial charge in [-0.15, -0.1) is 0 Å². The van der Waals surface area contributed by atoms with Gasteiger partial charge in [-0.3, -0.25) is 4.79 Å². The summed E-state index contributed by atoms with van der Waals surface area (Å²) in [4.78, 5) is 23.3. The van der Waals surface area contributed by atoms with Crippen molar-refractivity contribution in [3.8, 4) is 0 Å². The molecule has 1 aliphatic heterocycles. The molecule has 3 rings (SSSR count). The van der Waals surface area contributed by atoms with Crippen LogP contribution in [-0.4, -0.2) is 42.2 Å². The molecule has 6 heteroatoms. The molecule has 0 bridgehead atoms. The lowest BCUT2D eigenvalue weighted by Gasteiger charge is -2.28. The van der Waals surface area contributed by atoms with Gasteiger partial charge in [-0.1, -0.05) is 30.3 Å². The Bertz CT molecular complexity index is 685. The third-order valence-electron chi connectivity index (χ3n) is 3.87. The number of carbonyl (C=O) groups is 1. The molecule has 0 unspecified atom stereocenters. The number of aryl methyl sites for hydroxylation is 1. The van der Waals surface area contributed by atoms with E-state index in [1.54, 1.807) is 0 Å². The minimum absolute atomic E-state index is 0.0285. The molecule has 0 radical (unpaired) electrons. The number of hydrogen-bond acceptors (Lipinski definition) is 5. The van der Waals surface area contributed by atoms with E-state index in [-0.39, 0.29) is 5.91 Å². The van der Waals surface area contributed by atoms with Gasteiger partial charge in [0.15, 0.2) is 0 Å². The molecule has 1 aliphatic rings. The number of carbonyl (C=O) groups excluding carboxylic acids is 1. The van der Waals surface area contributed by atoms with Crippen LogP contribution in [0.4, 0.5) is 5.82 Å². The molecule has 1 N–H and O–H groups in total. The van der Waals surface area contributed by atoms with Gasteiger partial charge >= 0.3 is 0 Å². The van der Waals surface area contributed by atoms with Crippen molar-refractivity contribution in [2.45, 2.75) is 19.9 Å². The average molecular weight is 326 g/mol. The van der Waals surface area contributed by atoms with Crippen LogP contribution < -0.4 is 10.2 Å². The molecule has 2 aromatic rings.